The Labute approximate surface area is 111 Å². The predicted octanol–water partition coefficient (Wildman–Crippen LogP) is 3.80. The van der Waals surface area contributed by atoms with E-state index in [4.69, 9.17) is 0 Å². The van der Waals surface area contributed by atoms with Crippen molar-refractivity contribution >= 4 is 6.21 Å². The van der Waals surface area contributed by atoms with Crippen LogP contribution >= 0.6 is 0 Å². The molecule has 1 atom stereocenters. The van der Waals surface area contributed by atoms with Gasteiger partial charge in [-0.1, -0.05) is 26.3 Å². The normalized spacial score (nSPS) is 15.8. The summed E-state index contributed by atoms with van der Waals surface area (Å²) in [4.78, 5) is 4.20. The van der Waals surface area contributed by atoms with Crippen LogP contribution in [0.4, 0.5) is 0 Å². The maximum atomic E-state index is 9.22. The molecule has 0 heterocycles. The second-order valence-corrected chi connectivity index (χ2v) is 4.60. The monoisotopic (exact) mass is 247 g/mol. The minimum atomic E-state index is -0.316. The summed E-state index contributed by atoms with van der Waals surface area (Å²) in [6.45, 7) is 8.76. The van der Waals surface area contributed by atoms with Crippen molar-refractivity contribution in [2.45, 2.75) is 47.0 Å². The van der Waals surface area contributed by atoms with Crippen molar-refractivity contribution in [1.29, 1.82) is 5.26 Å². The second-order valence-electron chi connectivity index (χ2n) is 4.60. The number of allylic oxidation sites excluding steroid dienone is 2. The molecule has 0 aliphatic rings. The fraction of sp³-hybridized carbons (Fsp3) is 0.600. The van der Waals surface area contributed by atoms with Gasteiger partial charge < -0.3 is 5.32 Å². The smallest absolute Gasteiger partial charge is 0.0717 e. The summed E-state index contributed by atoms with van der Waals surface area (Å²) < 4.78 is 0. The highest BCUT2D eigenvalue weighted by atomic mass is 14.9. The van der Waals surface area contributed by atoms with E-state index < -0.39 is 0 Å². The number of nitrogens with zero attached hydrogens (tertiary/aromatic N) is 2. The van der Waals surface area contributed by atoms with Crippen LogP contribution in [0.15, 0.2) is 29.0 Å². The van der Waals surface area contributed by atoms with E-state index in [1.165, 1.54) is 0 Å². The predicted molar refractivity (Wildman–Crippen MR) is 78.3 cm³/mol. The van der Waals surface area contributed by atoms with Gasteiger partial charge in [0.2, 0.25) is 0 Å². The van der Waals surface area contributed by atoms with E-state index in [2.05, 4.69) is 23.3 Å². The third-order valence-electron chi connectivity index (χ3n) is 2.60. The molecule has 100 valence electrons. The van der Waals surface area contributed by atoms with Gasteiger partial charge in [-0.15, -0.1) is 0 Å². The third kappa shape index (κ3) is 6.90. The Bertz CT molecular complexity index is 347. The molecule has 0 aromatic rings. The van der Waals surface area contributed by atoms with Crippen LogP contribution < -0.4 is 5.32 Å². The van der Waals surface area contributed by atoms with Gasteiger partial charge in [-0.2, -0.15) is 5.26 Å². The van der Waals surface area contributed by atoms with Crippen molar-refractivity contribution < 1.29 is 0 Å². The lowest BCUT2D eigenvalue weighted by Gasteiger charge is -2.22. The van der Waals surface area contributed by atoms with E-state index in [1.54, 1.807) is 6.20 Å². The van der Waals surface area contributed by atoms with Gasteiger partial charge in [0.25, 0.3) is 0 Å². The van der Waals surface area contributed by atoms with Crippen molar-refractivity contribution in [2.24, 2.45) is 10.4 Å². The highest BCUT2D eigenvalue weighted by Gasteiger charge is 2.22. The Balaban J connectivity index is 4.57. The molecule has 3 nitrogen and oxygen atoms in total. The summed E-state index contributed by atoms with van der Waals surface area (Å²) in [6.07, 6.45) is 10.4. The van der Waals surface area contributed by atoms with Crippen molar-refractivity contribution in [1.82, 2.24) is 5.32 Å². The van der Waals surface area contributed by atoms with Crippen LogP contribution in [-0.2, 0) is 0 Å². The lowest BCUT2D eigenvalue weighted by Crippen LogP contribution is -2.29. The van der Waals surface area contributed by atoms with Crippen LogP contribution in [0, 0.1) is 16.7 Å². The van der Waals surface area contributed by atoms with Crippen LogP contribution in [-0.4, -0.2) is 12.8 Å². The van der Waals surface area contributed by atoms with Crippen molar-refractivity contribution in [3.05, 3.63) is 24.0 Å². The number of hydrogen-bond acceptors (Lipinski definition) is 3. The molecule has 1 N–H and O–H groups in total. The van der Waals surface area contributed by atoms with E-state index in [1.807, 2.05) is 39.1 Å². The molecule has 0 saturated carbocycles. The third-order valence-corrected chi connectivity index (χ3v) is 2.60. The lowest BCUT2D eigenvalue weighted by atomic mass is 9.87. The first-order chi connectivity index (χ1) is 8.61. The van der Waals surface area contributed by atoms with Crippen LogP contribution in [0.1, 0.15) is 47.0 Å². The summed E-state index contributed by atoms with van der Waals surface area (Å²) in [7, 11) is 0. The maximum absolute atomic E-state index is 9.22. The van der Waals surface area contributed by atoms with Crippen LogP contribution in [0.3, 0.4) is 0 Å². The molecule has 0 fully saturated rings. The van der Waals surface area contributed by atoms with Gasteiger partial charge in [0.05, 0.1) is 17.2 Å². The molecular weight excluding hydrogens is 222 g/mol. The Hall–Kier alpha value is -1.56. The van der Waals surface area contributed by atoms with E-state index in [0.717, 1.165) is 25.0 Å². The molecule has 0 aromatic heterocycles. The van der Waals surface area contributed by atoms with Crippen molar-refractivity contribution in [2.75, 3.05) is 6.54 Å². The minimum Gasteiger partial charge on any atom is -0.382 e. The second kappa shape index (κ2) is 9.47. The number of hydrogen-bond donors (Lipinski definition) is 1. The summed E-state index contributed by atoms with van der Waals surface area (Å²) in [5.41, 5.74) is 0.629. The molecule has 0 radical (unpaired) electrons. The number of nitrogens with one attached hydrogen (secondary N) is 1. The zero-order chi connectivity index (χ0) is 13.9. The van der Waals surface area contributed by atoms with Crippen LogP contribution in [0.2, 0.25) is 0 Å². The molecule has 0 aromatic carbocycles. The zero-order valence-electron chi connectivity index (χ0n) is 12.0. The average molecular weight is 247 g/mol. The summed E-state index contributed by atoms with van der Waals surface area (Å²) in [6, 6.07) is 2.39. The van der Waals surface area contributed by atoms with Crippen LogP contribution in [0.5, 0.6) is 0 Å². The van der Waals surface area contributed by atoms with Crippen molar-refractivity contribution in [3.8, 4) is 6.07 Å². The van der Waals surface area contributed by atoms with Gasteiger partial charge in [-0.25, -0.2) is 0 Å². The molecule has 0 aliphatic carbocycles. The van der Waals surface area contributed by atoms with E-state index in [-0.39, 0.29) is 5.41 Å². The quantitative estimate of drug-likeness (QED) is 0.524. The molecule has 0 rings (SSSR count). The zero-order valence-corrected chi connectivity index (χ0v) is 12.0. The molecule has 0 saturated heterocycles. The molecule has 18 heavy (non-hydrogen) atoms. The standard InChI is InChI=1S/C15H25N3/c1-5-8-14(11-17-10-7-3)18-13-15(4,12-16)9-6-2/h5,8,10-11,18H,6-7,9,13H2,1-4H3/b8-5-,14-11+,17-10?. The van der Waals surface area contributed by atoms with E-state index in [9.17, 15) is 5.26 Å². The van der Waals surface area contributed by atoms with Gasteiger partial charge in [-0.05, 0) is 32.8 Å². The van der Waals surface area contributed by atoms with Gasteiger partial charge in [0.15, 0.2) is 0 Å². The van der Waals surface area contributed by atoms with Gasteiger partial charge in [0.1, 0.15) is 0 Å². The van der Waals surface area contributed by atoms with Crippen molar-refractivity contribution in [3.63, 3.8) is 0 Å². The Morgan fingerprint density at radius 3 is 2.67 bits per heavy atom. The lowest BCUT2D eigenvalue weighted by molar-refractivity contribution is 0.387. The number of aliphatic imine (C=N–C) groups is 1. The largest absolute Gasteiger partial charge is 0.382 e. The summed E-state index contributed by atoms with van der Waals surface area (Å²) in [5.74, 6) is 0. The summed E-state index contributed by atoms with van der Waals surface area (Å²) >= 11 is 0. The SMILES string of the molecule is C/C=C\C(=C/N=CCC)NCC(C)(C#N)CCC. The van der Waals surface area contributed by atoms with E-state index in [0.29, 0.717) is 6.54 Å². The molecule has 0 amide bonds. The fourth-order valence-corrected chi connectivity index (χ4v) is 1.60. The topological polar surface area (TPSA) is 48.2 Å². The Kier molecular flexibility index (Phi) is 8.65. The minimum absolute atomic E-state index is 0.316. The first-order valence-corrected chi connectivity index (χ1v) is 6.61. The van der Waals surface area contributed by atoms with Gasteiger partial charge in [0, 0.05) is 19.0 Å². The highest BCUT2D eigenvalue weighted by molar-refractivity contribution is 5.57. The fourth-order valence-electron chi connectivity index (χ4n) is 1.60. The molecule has 3 heteroatoms. The number of nitriles is 1. The van der Waals surface area contributed by atoms with Gasteiger partial charge >= 0.3 is 0 Å². The first kappa shape index (κ1) is 16.4. The van der Waals surface area contributed by atoms with Gasteiger partial charge in [-0.3, -0.25) is 4.99 Å². The molecular formula is C15H25N3. The van der Waals surface area contributed by atoms with Crippen LogP contribution in [0.25, 0.3) is 0 Å². The first-order valence-electron chi connectivity index (χ1n) is 6.61. The molecule has 0 bridgehead atoms. The molecule has 0 aliphatic heterocycles. The number of rotatable bonds is 8. The summed E-state index contributed by atoms with van der Waals surface area (Å²) in [5, 5.41) is 12.5. The highest BCUT2D eigenvalue weighted by Crippen LogP contribution is 2.21. The maximum Gasteiger partial charge on any atom is 0.0717 e. The molecule has 1 unspecified atom stereocenters. The molecule has 0 spiro atoms. The van der Waals surface area contributed by atoms with E-state index >= 15 is 0 Å². The Morgan fingerprint density at radius 2 is 2.17 bits per heavy atom. The Morgan fingerprint density at radius 1 is 1.44 bits per heavy atom. The average Bonchev–Trinajstić information content (AvgIpc) is 2.36.